The molecule has 0 fully saturated rings. The molecule has 0 amide bonds. The van der Waals surface area contributed by atoms with Crippen molar-refractivity contribution in [1.29, 1.82) is 0 Å². The molecule has 106 valence electrons. The van der Waals surface area contributed by atoms with Crippen LogP contribution in [0.5, 0.6) is 0 Å². The van der Waals surface area contributed by atoms with Crippen molar-refractivity contribution in [2.45, 2.75) is 6.92 Å². The van der Waals surface area contributed by atoms with E-state index < -0.39 is 0 Å². The summed E-state index contributed by atoms with van der Waals surface area (Å²) >= 11 is 3.48. The number of hydrogen-bond donors (Lipinski definition) is 3. The molecular formula is C15H14BrN5. The molecule has 1 heterocycles. The largest absolute Gasteiger partial charge is 0.340 e. The number of nitrogen functional groups attached to an aromatic ring is 1. The van der Waals surface area contributed by atoms with E-state index in [1.807, 2.05) is 25.1 Å². The van der Waals surface area contributed by atoms with Gasteiger partial charge in [-0.25, -0.2) is 10.8 Å². The molecule has 0 bridgehead atoms. The summed E-state index contributed by atoms with van der Waals surface area (Å²) < 4.78 is 1.07. The molecule has 21 heavy (non-hydrogen) atoms. The molecular weight excluding hydrogens is 330 g/mol. The monoisotopic (exact) mass is 343 g/mol. The zero-order valence-electron chi connectivity index (χ0n) is 11.4. The average Bonchev–Trinajstić information content (AvgIpc) is 2.47. The third-order valence-electron chi connectivity index (χ3n) is 3.06. The third kappa shape index (κ3) is 3.12. The minimum atomic E-state index is 0.391. The molecule has 4 N–H and O–H groups in total. The van der Waals surface area contributed by atoms with Crippen molar-refractivity contribution >= 4 is 44.2 Å². The van der Waals surface area contributed by atoms with Crippen molar-refractivity contribution in [1.82, 2.24) is 9.97 Å². The van der Waals surface area contributed by atoms with E-state index in [-0.39, 0.29) is 0 Å². The highest BCUT2D eigenvalue weighted by Gasteiger charge is 2.03. The number of nitrogens with two attached hydrogens (primary N) is 1. The van der Waals surface area contributed by atoms with E-state index >= 15 is 0 Å². The minimum absolute atomic E-state index is 0.391. The molecule has 2 aromatic carbocycles. The minimum Gasteiger partial charge on any atom is -0.340 e. The van der Waals surface area contributed by atoms with Gasteiger partial charge in [0.2, 0.25) is 5.95 Å². The van der Waals surface area contributed by atoms with Crippen LogP contribution < -0.4 is 16.6 Å². The molecule has 6 heteroatoms. The van der Waals surface area contributed by atoms with Crippen molar-refractivity contribution in [3.8, 4) is 0 Å². The lowest BCUT2D eigenvalue weighted by Crippen LogP contribution is -2.11. The van der Waals surface area contributed by atoms with E-state index in [0.29, 0.717) is 11.8 Å². The maximum absolute atomic E-state index is 5.36. The summed E-state index contributed by atoms with van der Waals surface area (Å²) in [4.78, 5) is 8.44. The van der Waals surface area contributed by atoms with Gasteiger partial charge in [0.05, 0.1) is 0 Å². The van der Waals surface area contributed by atoms with Gasteiger partial charge in [-0.05, 0) is 42.0 Å². The van der Waals surface area contributed by atoms with Gasteiger partial charge in [0.15, 0.2) is 0 Å². The van der Waals surface area contributed by atoms with E-state index in [2.05, 4.69) is 60.9 Å². The predicted molar refractivity (Wildman–Crippen MR) is 89.5 cm³/mol. The van der Waals surface area contributed by atoms with E-state index in [1.54, 1.807) is 0 Å². The molecule has 0 aliphatic carbocycles. The Morgan fingerprint density at radius 1 is 1.00 bits per heavy atom. The summed E-state index contributed by atoms with van der Waals surface area (Å²) in [7, 11) is 0. The molecule has 3 rings (SSSR count). The van der Waals surface area contributed by atoms with Crippen molar-refractivity contribution in [3.63, 3.8) is 0 Å². The SMILES string of the molecule is Cc1cc(Nc2ccc3cc(Br)ccc3c2)nc(NN)n1. The third-order valence-corrected chi connectivity index (χ3v) is 3.55. The van der Waals surface area contributed by atoms with Gasteiger partial charge in [0.1, 0.15) is 5.82 Å². The van der Waals surface area contributed by atoms with E-state index in [0.717, 1.165) is 21.2 Å². The first-order chi connectivity index (χ1) is 10.1. The van der Waals surface area contributed by atoms with E-state index in [1.165, 1.54) is 5.39 Å². The van der Waals surface area contributed by atoms with Crippen molar-refractivity contribution in [3.05, 3.63) is 52.6 Å². The molecule has 0 saturated heterocycles. The van der Waals surface area contributed by atoms with Crippen LogP contribution in [0.4, 0.5) is 17.5 Å². The number of aryl methyl sites for hydroxylation is 1. The Bertz CT molecular complexity index is 803. The highest BCUT2D eigenvalue weighted by molar-refractivity contribution is 9.10. The maximum Gasteiger partial charge on any atom is 0.239 e. The number of nitrogens with zero attached hydrogens (tertiary/aromatic N) is 2. The second kappa shape index (κ2) is 5.67. The molecule has 0 unspecified atom stereocenters. The van der Waals surface area contributed by atoms with Crippen LogP contribution in [0.2, 0.25) is 0 Å². The summed E-state index contributed by atoms with van der Waals surface area (Å²) in [5.41, 5.74) is 4.26. The number of halogens is 1. The Balaban J connectivity index is 1.94. The van der Waals surface area contributed by atoms with Crippen LogP contribution in [0, 0.1) is 6.92 Å². The normalized spacial score (nSPS) is 10.6. The fraction of sp³-hybridized carbons (Fsp3) is 0.0667. The fourth-order valence-electron chi connectivity index (χ4n) is 2.14. The Labute approximate surface area is 130 Å². The smallest absolute Gasteiger partial charge is 0.239 e. The van der Waals surface area contributed by atoms with Gasteiger partial charge in [0.25, 0.3) is 0 Å². The molecule has 0 aliphatic rings. The Kier molecular flexibility index (Phi) is 3.72. The lowest BCUT2D eigenvalue weighted by molar-refractivity contribution is 1.07. The summed E-state index contributed by atoms with van der Waals surface area (Å²) in [6.07, 6.45) is 0. The van der Waals surface area contributed by atoms with Gasteiger partial charge < -0.3 is 5.32 Å². The highest BCUT2D eigenvalue weighted by atomic mass is 79.9. The zero-order chi connectivity index (χ0) is 14.8. The van der Waals surface area contributed by atoms with Crippen LogP contribution in [0.1, 0.15) is 5.69 Å². The lowest BCUT2D eigenvalue weighted by atomic mass is 10.1. The van der Waals surface area contributed by atoms with Crippen LogP contribution in [-0.4, -0.2) is 9.97 Å². The van der Waals surface area contributed by atoms with Gasteiger partial charge >= 0.3 is 0 Å². The standard InChI is InChI=1S/C15H14BrN5/c1-9-6-14(20-15(18-9)21-17)19-13-5-3-10-7-12(16)4-2-11(10)8-13/h2-8H,17H2,1H3,(H2,18,19,20,21). The van der Waals surface area contributed by atoms with Crippen LogP contribution >= 0.6 is 15.9 Å². The average molecular weight is 344 g/mol. The van der Waals surface area contributed by atoms with Gasteiger partial charge in [0, 0.05) is 21.9 Å². The van der Waals surface area contributed by atoms with E-state index in [4.69, 9.17) is 5.84 Å². The number of rotatable bonds is 3. The second-order valence-corrected chi connectivity index (χ2v) is 5.61. The molecule has 3 aromatic rings. The molecule has 0 spiro atoms. The maximum atomic E-state index is 5.36. The van der Waals surface area contributed by atoms with Crippen molar-refractivity contribution in [2.75, 3.05) is 10.7 Å². The number of aromatic nitrogens is 2. The zero-order valence-corrected chi connectivity index (χ0v) is 13.0. The molecule has 0 saturated carbocycles. The Morgan fingerprint density at radius 2 is 1.76 bits per heavy atom. The topological polar surface area (TPSA) is 75.9 Å². The summed E-state index contributed by atoms with van der Waals surface area (Å²) in [6.45, 7) is 1.89. The van der Waals surface area contributed by atoms with Crippen LogP contribution in [-0.2, 0) is 0 Å². The number of hydrogen-bond acceptors (Lipinski definition) is 5. The number of hydrazine groups is 1. The molecule has 5 nitrogen and oxygen atoms in total. The number of benzene rings is 2. The second-order valence-electron chi connectivity index (χ2n) is 4.69. The van der Waals surface area contributed by atoms with Gasteiger partial charge in [-0.3, -0.25) is 5.43 Å². The van der Waals surface area contributed by atoms with E-state index in [9.17, 15) is 0 Å². The Morgan fingerprint density at radius 3 is 2.57 bits per heavy atom. The van der Waals surface area contributed by atoms with Gasteiger partial charge in [-0.1, -0.05) is 28.1 Å². The van der Waals surface area contributed by atoms with Crippen LogP contribution in [0.3, 0.4) is 0 Å². The number of nitrogens with one attached hydrogen (secondary N) is 2. The quantitative estimate of drug-likeness (QED) is 0.499. The first-order valence-corrected chi connectivity index (χ1v) is 7.22. The summed E-state index contributed by atoms with van der Waals surface area (Å²) in [5.74, 6) is 6.45. The number of anilines is 3. The summed E-state index contributed by atoms with van der Waals surface area (Å²) in [6, 6.07) is 14.2. The summed E-state index contributed by atoms with van der Waals surface area (Å²) in [5, 5.41) is 5.61. The molecule has 0 atom stereocenters. The molecule has 0 aliphatic heterocycles. The van der Waals surface area contributed by atoms with Crippen molar-refractivity contribution in [2.24, 2.45) is 5.84 Å². The predicted octanol–water partition coefficient (Wildman–Crippen LogP) is 3.73. The van der Waals surface area contributed by atoms with Crippen LogP contribution in [0.25, 0.3) is 10.8 Å². The Hall–Kier alpha value is -2.18. The van der Waals surface area contributed by atoms with Crippen molar-refractivity contribution < 1.29 is 0 Å². The van der Waals surface area contributed by atoms with Gasteiger partial charge in [-0.15, -0.1) is 0 Å². The molecule has 0 radical (unpaired) electrons. The number of fused-ring (bicyclic) bond motifs is 1. The first kappa shape index (κ1) is 13.8. The lowest BCUT2D eigenvalue weighted by Gasteiger charge is -2.09. The molecule has 1 aromatic heterocycles. The highest BCUT2D eigenvalue weighted by Crippen LogP contribution is 2.24. The van der Waals surface area contributed by atoms with Gasteiger partial charge in [-0.2, -0.15) is 4.98 Å². The first-order valence-electron chi connectivity index (χ1n) is 6.43. The fourth-order valence-corrected chi connectivity index (χ4v) is 2.52. The van der Waals surface area contributed by atoms with Crippen LogP contribution in [0.15, 0.2) is 46.9 Å².